The number of benzene rings is 2. The van der Waals surface area contributed by atoms with Crippen molar-refractivity contribution in [2.24, 2.45) is 0 Å². The molecule has 0 heterocycles. The van der Waals surface area contributed by atoms with Crippen molar-refractivity contribution >= 4 is 27.3 Å². The highest BCUT2D eigenvalue weighted by atomic mass is 79.9. The van der Waals surface area contributed by atoms with Crippen molar-refractivity contribution in [2.45, 2.75) is 6.54 Å². The smallest absolute Gasteiger partial charge is 0.293 e. The summed E-state index contributed by atoms with van der Waals surface area (Å²) in [6, 6.07) is 4.92. The molecule has 110 valence electrons. The third kappa shape index (κ3) is 3.52. The molecule has 0 aliphatic carbocycles. The maximum atomic E-state index is 13.5. The zero-order valence-electron chi connectivity index (χ0n) is 10.4. The van der Waals surface area contributed by atoms with Crippen molar-refractivity contribution in [1.29, 1.82) is 0 Å². The predicted molar refractivity (Wildman–Crippen MR) is 74.4 cm³/mol. The largest absolute Gasteiger partial charge is 0.375 e. The van der Waals surface area contributed by atoms with Crippen LogP contribution in [0.5, 0.6) is 0 Å². The van der Waals surface area contributed by atoms with Crippen LogP contribution in [-0.4, -0.2) is 4.92 Å². The van der Waals surface area contributed by atoms with Gasteiger partial charge in [0.1, 0.15) is 23.1 Å². The lowest BCUT2D eigenvalue weighted by Gasteiger charge is -2.09. The Morgan fingerprint density at radius 3 is 2.48 bits per heavy atom. The van der Waals surface area contributed by atoms with Crippen molar-refractivity contribution in [3.63, 3.8) is 0 Å². The molecule has 0 aliphatic heterocycles. The first-order valence-corrected chi connectivity index (χ1v) is 6.49. The Bertz CT molecular complexity index is 710. The van der Waals surface area contributed by atoms with Gasteiger partial charge in [-0.15, -0.1) is 0 Å². The van der Waals surface area contributed by atoms with Crippen LogP contribution in [-0.2, 0) is 6.54 Å². The second kappa shape index (κ2) is 6.13. The molecule has 0 atom stereocenters. The summed E-state index contributed by atoms with van der Waals surface area (Å²) >= 11 is 2.86. The molecule has 2 aromatic carbocycles. The number of anilines is 1. The van der Waals surface area contributed by atoms with Gasteiger partial charge in [-0.25, -0.2) is 13.2 Å². The van der Waals surface area contributed by atoms with Crippen LogP contribution in [0, 0.1) is 27.6 Å². The van der Waals surface area contributed by atoms with Crippen LogP contribution in [0.1, 0.15) is 5.56 Å². The van der Waals surface area contributed by atoms with E-state index in [0.717, 1.165) is 18.2 Å². The second-order valence-corrected chi connectivity index (χ2v) is 4.98. The van der Waals surface area contributed by atoms with Gasteiger partial charge in [-0.3, -0.25) is 10.1 Å². The van der Waals surface area contributed by atoms with Gasteiger partial charge in [0, 0.05) is 30.3 Å². The maximum Gasteiger partial charge on any atom is 0.293 e. The van der Waals surface area contributed by atoms with E-state index in [4.69, 9.17) is 0 Å². The van der Waals surface area contributed by atoms with Gasteiger partial charge >= 0.3 is 0 Å². The molecule has 0 spiro atoms. The fourth-order valence-corrected chi connectivity index (χ4v) is 2.02. The predicted octanol–water partition coefficient (Wildman–Crippen LogP) is 4.39. The molecule has 0 radical (unpaired) electrons. The fourth-order valence-electron chi connectivity index (χ4n) is 1.68. The van der Waals surface area contributed by atoms with Gasteiger partial charge in [0.2, 0.25) is 0 Å². The standard InChI is InChI=1S/C13H8BrF3N2O2/c14-9-4-13(19(20)21)12(5-11(9)17)18-6-7-1-2-8(15)3-10(7)16/h1-5,18H,6H2. The molecule has 2 rings (SSSR count). The van der Waals surface area contributed by atoms with Gasteiger partial charge in [0.15, 0.2) is 0 Å². The summed E-state index contributed by atoms with van der Waals surface area (Å²) in [5, 5.41) is 13.5. The molecule has 2 aromatic rings. The van der Waals surface area contributed by atoms with Gasteiger partial charge in [-0.05, 0) is 22.0 Å². The minimum absolute atomic E-state index is 0.0484. The van der Waals surface area contributed by atoms with Crippen molar-refractivity contribution in [2.75, 3.05) is 5.32 Å². The van der Waals surface area contributed by atoms with Gasteiger partial charge in [0.05, 0.1) is 9.40 Å². The molecular weight excluding hydrogens is 353 g/mol. The summed E-state index contributed by atoms with van der Waals surface area (Å²) in [6.45, 7) is -0.145. The number of halogens is 4. The Morgan fingerprint density at radius 1 is 1.14 bits per heavy atom. The summed E-state index contributed by atoms with van der Waals surface area (Å²) in [5.74, 6) is -2.21. The van der Waals surface area contributed by atoms with Crippen molar-refractivity contribution in [1.82, 2.24) is 0 Å². The lowest BCUT2D eigenvalue weighted by atomic mass is 10.2. The molecule has 4 nitrogen and oxygen atoms in total. The van der Waals surface area contributed by atoms with Crippen LogP contribution in [0.2, 0.25) is 0 Å². The number of rotatable bonds is 4. The van der Waals surface area contributed by atoms with Crippen LogP contribution in [0.4, 0.5) is 24.5 Å². The molecular formula is C13H8BrF3N2O2. The number of nitrogens with one attached hydrogen (secondary N) is 1. The SMILES string of the molecule is O=[N+]([O-])c1cc(Br)c(F)cc1NCc1ccc(F)cc1F. The molecule has 0 aromatic heterocycles. The van der Waals surface area contributed by atoms with Crippen LogP contribution in [0.25, 0.3) is 0 Å². The van der Waals surface area contributed by atoms with E-state index >= 15 is 0 Å². The Kier molecular flexibility index (Phi) is 4.46. The van der Waals surface area contributed by atoms with Crippen LogP contribution in [0.15, 0.2) is 34.8 Å². The average molecular weight is 361 g/mol. The summed E-state index contributed by atoms with van der Waals surface area (Å²) in [4.78, 5) is 10.2. The van der Waals surface area contributed by atoms with E-state index in [-0.39, 0.29) is 28.0 Å². The van der Waals surface area contributed by atoms with Gasteiger partial charge in [-0.2, -0.15) is 0 Å². The zero-order chi connectivity index (χ0) is 15.6. The van der Waals surface area contributed by atoms with Gasteiger partial charge in [0.25, 0.3) is 5.69 Å². The molecule has 0 aliphatic rings. The van der Waals surface area contributed by atoms with Crippen LogP contribution in [0.3, 0.4) is 0 Å². The number of hydrogen-bond donors (Lipinski definition) is 1. The van der Waals surface area contributed by atoms with Crippen molar-refractivity contribution < 1.29 is 18.1 Å². The quantitative estimate of drug-likeness (QED) is 0.649. The van der Waals surface area contributed by atoms with E-state index in [1.807, 2.05) is 0 Å². The molecule has 8 heteroatoms. The zero-order valence-corrected chi connectivity index (χ0v) is 12.0. The normalized spacial score (nSPS) is 10.5. The van der Waals surface area contributed by atoms with E-state index in [1.54, 1.807) is 0 Å². The Labute approximate surface area is 125 Å². The first-order valence-electron chi connectivity index (χ1n) is 5.69. The summed E-state index contributed by atoms with van der Waals surface area (Å²) < 4.78 is 39.6. The Morgan fingerprint density at radius 2 is 1.86 bits per heavy atom. The molecule has 1 N–H and O–H groups in total. The summed E-state index contributed by atoms with van der Waals surface area (Å²) in [5.41, 5.74) is -0.343. The lowest BCUT2D eigenvalue weighted by molar-refractivity contribution is -0.384. The third-order valence-electron chi connectivity index (χ3n) is 2.72. The fraction of sp³-hybridized carbons (Fsp3) is 0.0769. The Balaban J connectivity index is 2.27. The van der Waals surface area contributed by atoms with E-state index in [9.17, 15) is 23.3 Å². The first-order chi connectivity index (χ1) is 9.88. The van der Waals surface area contributed by atoms with Crippen molar-refractivity contribution in [3.05, 3.63) is 67.9 Å². The number of nitrogens with zero attached hydrogens (tertiary/aromatic N) is 1. The van der Waals surface area contributed by atoms with Crippen LogP contribution < -0.4 is 5.32 Å². The second-order valence-electron chi connectivity index (χ2n) is 4.13. The minimum Gasteiger partial charge on any atom is -0.375 e. The summed E-state index contributed by atoms with van der Waals surface area (Å²) in [6.07, 6.45) is 0. The van der Waals surface area contributed by atoms with Gasteiger partial charge < -0.3 is 5.32 Å². The molecule has 0 unspecified atom stereocenters. The summed E-state index contributed by atoms with van der Waals surface area (Å²) in [7, 11) is 0. The van der Waals surface area contributed by atoms with E-state index < -0.39 is 22.4 Å². The molecule has 0 amide bonds. The monoisotopic (exact) mass is 360 g/mol. The molecule has 0 saturated carbocycles. The molecule has 0 fully saturated rings. The van der Waals surface area contributed by atoms with E-state index in [0.29, 0.717) is 6.07 Å². The highest BCUT2D eigenvalue weighted by Gasteiger charge is 2.17. The first kappa shape index (κ1) is 15.3. The number of nitro benzene ring substituents is 1. The van der Waals surface area contributed by atoms with Gasteiger partial charge in [-0.1, -0.05) is 6.07 Å². The number of nitro groups is 1. The molecule has 0 saturated heterocycles. The number of hydrogen-bond acceptors (Lipinski definition) is 3. The van der Waals surface area contributed by atoms with Crippen LogP contribution >= 0.6 is 15.9 Å². The molecule has 0 bridgehead atoms. The average Bonchev–Trinajstić information content (AvgIpc) is 2.41. The van der Waals surface area contributed by atoms with E-state index in [2.05, 4.69) is 21.2 Å². The maximum absolute atomic E-state index is 13.5. The molecule has 21 heavy (non-hydrogen) atoms. The Hall–Kier alpha value is -2.09. The topological polar surface area (TPSA) is 55.2 Å². The highest BCUT2D eigenvalue weighted by molar-refractivity contribution is 9.10. The van der Waals surface area contributed by atoms with Crippen molar-refractivity contribution in [3.8, 4) is 0 Å². The third-order valence-corrected chi connectivity index (χ3v) is 3.33. The highest BCUT2D eigenvalue weighted by Crippen LogP contribution is 2.31. The van der Waals surface area contributed by atoms with E-state index in [1.165, 1.54) is 6.07 Å². The minimum atomic E-state index is -0.789. The lowest BCUT2D eigenvalue weighted by Crippen LogP contribution is -2.05.